The van der Waals surface area contributed by atoms with Gasteiger partial charge in [-0.1, -0.05) is 12.1 Å². The molecule has 0 saturated carbocycles. The van der Waals surface area contributed by atoms with Crippen molar-refractivity contribution >= 4 is 23.1 Å². The predicted molar refractivity (Wildman–Crippen MR) is 95.9 cm³/mol. The number of hydrogen-bond donors (Lipinski definition) is 2. The van der Waals surface area contributed by atoms with Gasteiger partial charge in [0.1, 0.15) is 0 Å². The zero-order valence-corrected chi connectivity index (χ0v) is 14.6. The summed E-state index contributed by atoms with van der Waals surface area (Å²) in [4.78, 5) is 14.0. The zero-order valence-electron chi connectivity index (χ0n) is 13.8. The van der Waals surface area contributed by atoms with Crippen molar-refractivity contribution in [1.29, 1.82) is 5.26 Å². The molecule has 0 aliphatic heterocycles. The smallest absolute Gasteiger partial charge is 0.322 e. The first-order valence-corrected chi connectivity index (χ1v) is 8.60. The van der Waals surface area contributed by atoms with E-state index in [1.54, 1.807) is 28.4 Å². The monoisotopic (exact) mass is 343 g/mol. The molecule has 0 aliphatic carbocycles. The first kappa shape index (κ1) is 18.0. The van der Waals surface area contributed by atoms with Crippen LogP contribution in [0, 0.1) is 11.3 Å². The maximum absolute atomic E-state index is 12.4. The van der Waals surface area contributed by atoms with Gasteiger partial charge < -0.3 is 15.3 Å². The Bertz CT molecular complexity index is 703. The van der Waals surface area contributed by atoms with Crippen LogP contribution in [0.25, 0.3) is 0 Å². The summed E-state index contributed by atoms with van der Waals surface area (Å²) in [6, 6.07) is 11.2. The molecule has 0 saturated heterocycles. The summed E-state index contributed by atoms with van der Waals surface area (Å²) in [5.41, 5.74) is 2.03. The molecule has 0 bridgehead atoms. The molecule has 0 atom stereocenters. The molecule has 0 spiro atoms. The standard InChI is InChI=1S/C18H21N3O2S/c1-18(2,13-19)15-3-5-16(6-4-15)20-17(23)21(8-9-22)11-14-7-10-24-12-14/h3-7,10,12,22H,8-9,11H2,1-2H3,(H,20,23). The van der Waals surface area contributed by atoms with E-state index in [9.17, 15) is 9.90 Å². The maximum Gasteiger partial charge on any atom is 0.322 e. The normalized spacial score (nSPS) is 10.9. The lowest BCUT2D eigenvalue weighted by molar-refractivity contribution is 0.185. The van der Waals surface area contributed by atoms with E-state index in [0.717, 1.165) is 11.1 Å². The summed E-state index contributed by atoms with van der Waals surface area (Å²) in [7, 11) is 0. The molecule has 2 aromatic rings. The summed E-state index contributed by atoms with van der Waals surface area (Å²) < 4.78 is 0. The molecular weight excluding hydrogens is 322 g/mol. The molecule has 2 N–H and O–H groups in total. The number of hydrogen-bond acceptors (Lipinski definition) is 4. The molecule has 2 rings (SSSR count). The summed E-state index contributed by atoms with van der Waals surface area (Å²) in [5.74, 6) is 0. The molecule has 1 heterocycles. The number of carbonyl (C=O) groups excluding carboxylic acids is 1. The van der Waals surface area contributed by atoms with Crippen molar-refractivity contribution in [3.05, 3.63) is 52.2 Å². The molecule has 1 aromatic carbocycles. The summed E-state index contributed by atoms with van der Waals surface area (Å²) >= 11 is 1.57. The van der Waals surface area contributed by atoms with Gasteiger partial charge in [-0.2, -0.15) is 16.6 Å². The van der Waals surface area contributed by atoms with Gasteiger partial charge >= 0.3 is 6.03 Å². The molecule has 5 nitrogen and oxygen atoms in total. The fourth-order valence-corrected chi connectivity index (χ4v) is 2.87. The minimum absolute atomic E-state index is 0.0904. The lowest BCUT2D eigenvalue weighted by Crippen LogP contribution is -2.36. The van der Waals surface area contributed by atoms with E-state index < -0.39 is 5.41 Å². The summed E-state index contributed by atoms with van der Waals surface area (Å²) in [6.07, 6.45) is 0. The molecule has 2 amide bonds. The lowest BCUT2D eigenvalue weighted by Gasteiger charge is -2.22. The van der Waals surface area contributed by atoms with Crippen molar-refractivity contribution in [2.45, 2.75) is 25.8 Å². The third-order valence-electron chi connectivity index (χ3n) is 3.75. The van der Waals surface area contributed by atoms with Gasteiger partial charge in [-0.3, -0.25) is 0 Å². The Morgan fingerprint density at radius 3 is 2.58 bits per heavy atom. The van der Waals surface area contributed by atoms with Crippen molar-refractivity contribution in [1.82, 2.24) is 4.90 Å². The molecule has 6 heteroatoms. The molecular formula is C18H21N3O2S. The van der Waals surface area contributed by atoms with Crippen LogP contribution < -0.4 is 5.32 Å². The number of thiophene rings is 1. The number of benzene rings is 1. The number of amides is 2. The number of nitriles is 1. The maximum atomic E-state index is 12.4. The minimum Gasteiger partial charge on any atom is -0.395 e. The Kier molecular flexibility index (Phi) is 5.96. The van der Waals surface area contributed by atoms with Crippen LogP contribution in [0.4, 0.5) is 10.5 Å². The second-order valence-corrected chi connectivity index (χ2v) is 6.80. The van der Waals surface area contributed by atoms with E-state index in [1.807, 2.05) is 42.8 Å². The second-order valence-electron chi connectivity index (χ2n) is 6.02. The SMILES string of the molecule is CC(C)(C#N)c1ccc(NC(=O)N(CCO)Cc2ccsc2)cc1. The Hall–Kier alpha value is -2.36. The third-order valence-corrected chi connectivity index (χ3v) is 4.48. The lowest BCUT2D eigenvalue weighted by atomic mass is 9.86. The quantitative estimate of drug-likeness (QED) is 0.842. The van der Waals surface area contributed by atoms with Crippen molar-refractivity contribution in [3.63, 3.8) is 0 Å². The zero-order chi connectivity index (χ0) is 17.6. The van der Waals surface area contributed by atoms with Gasteiger partial charge in [-0.25, -0.2) is 4.79 Å². The molecule has 0 aliphatic rings. The number of rotatable bonds is 6. The van der Waals surface area contributed by atoms with Crippen molar-refractivity contribution in [2.75, 3.05) is 18.5 Å². The van der Waals surface area contributed by atoms with Crippen LogP contribution >= 0.6 is 11.3 Å². The Balaban J connectivity index is 2.05. The number of carbonyl (C=O) groups is 1. The highest BCUT2D eigenvalue weighted by Gasteiger charge is 2.19. The predicted octanol–water partition coefficient (Wildman–Crippen LogP) is 3.58. The van der Waals surface area contributed by atoms with E-state index in [-0.39, 0.29) is 19.2 Å². The minimum atomic E-state index is -0.565. The topological polar surface area (TPSA) is 76.4 Å². The number of aliphatic hydroxyl groups excluding tert-OH is 1. The molecule has 0 radical (unpaired) electrons. The third kappa shape index (κ3) is 4.57. The first-order chi connectivity index (χ1) is 11.5. The van der Waals surface area contributed by atoms with E-state index >= 15 is 0 Å². The number of aliphatic hydroxyl groups is 1. The van der Waals surface area contributed by atoms with Crippen LogP contribution in [-0.2, 0) is 12.0 Å². The van der Waals surface area contributed by atoms with Gasteiger partial charge in [0, 0.05) is 18.8 Å². The van der Waals surface area contributed by atoms with Gasteiger partial charge in [-0.15, -0.1) is 0 Å². The molecule has 0 fully saturated rings. The fraction of sp³-hybridized carbons (Fsp3) is 0.333. The molecule has 1 aromatic heterocycles. The number of nitrogens with zero attached hydrogens (tertiary/aromatic N) is 2. The highest BCUT2D eigenvalue weighted by atomic mass is 32.1. The number of nitrogens with one attached hydrogen (secondary N) is 1. The van der Waals surface area contributed by atoms with Gasteiger partial charge in [0.2, 0.25) is 0 Å². The van der Waals surface area contributed by atoms with Gasteiger partial charge in [0.05, 0.1) is 18.1 Å². The number of urea groups is 1. The summed E-state index contributed by atoms with van der Waals surface area (Å²) in [5, 5.41) is 25.1. The van der Waals surface area contributed by atoms with Crippen LogP contribution in [-0.4, -0.2) is 29.2 Å². The van der Waals surface area contributed by atoms with E-state index in [1.165, 1.54) is 0 Å². The number of anilines is 1. The van der Waals surface area contributed by atoms with Crippen LogP contribution in [0.2, 0.25) is 0 Å². The fourth-order valence-electron chi connectivity index (χ4n) is 2.21. The Labute approximate surface area is 146 Å². The van der Waals surface area contributed by atoms with Crippen molar-refractivity contribution in [2.24, 2.45) is 0 Å². The van der Waals surface area contributed by atoms with E-state index in [4.69, 9.17) is 5.26 Å². The summed E-state index contributed by atoms with van der Waals surface area (Å²) in [6.45, 7) is 4.33. The van der Waals surface area contributed by atoms with Crippen LogP contribution in [0.1, 0.15) is 25.0 Å². The van der Waals surface area contributed by atoms with E-state index in [0.29, 0.717) is 12.2 Å². The van der Waals surface area contributed by atoms with Gasteiger partial charge in [0.25, 0.3) is 0 Å². The van der Waals surface area contributed by atoms with Crippen LogP contribution in [0.5, 0.6) is 0 Å². The van der Waals surface area contributed by atoms with Crippen molar-refractivity contribution in [3.8, 4) is 6.07 Å². The Morgan fingerprint density at radius 1 is 1.33 bits per heavy atom. The highest BCUT2D eigenvalue weighted by molar-refractivity contribution is 7.07. The molecule has 24 heavy (non-hydrogen) atoms. The molecule has 126 valence electrons. The Morgan fingerprint density at radius 2 is 2.04 bits per heavy atom. The van der Waals surface area contributed by atoms with Crippen LogP contribution in [0.15, 0.2) is 41.1 Å². The largest absolute Gasteiger partial charge is 0.395 e. The average molecular weight is 343 g/mol. The molecule has 0 unspecified atom stereocenters. The van der Waals surface area contributed by atoms with Crippen LogP contribution in [0.3, 0.4) is 0 Å². The van der Waals surface area contributed by atoms with Gasteiger partial charge in [-0.05, 0) is 53.9 Å². The van der Waals surface area contributed by atoms with E-state index in [2.05, 4.69) is 11.4 Å². The second kappa shape index (κ2) is 7.95. The van der Waals surface area contributed by atoms with Crippen molar-refractivity contribution < 1.29 is 9.90 Å². The van der Waals surface area contributed by atoms with Gasteiger partial charge in [0.15, 0.2) is 0 Å². The highest BCUT2D eigenvalue weighted by Crippen LogP contribution is 2.23. The first-order valence-electron chi connectivity index (χ1n) is 7.66. The average Bonchev–Trinajstić information content (AvgIpc) is 3.08.